The van der Waals surface area contributed by atoms with Gasteiger partial charge in [-0.2, -0.15) is 0 Å². The third-order valence-electron chi connectivity index (χ3n) is 5.01. The molecule has 8 heteroatoms. The van der Waals surface area contributed by atoms with Gasteiger partial charge in [0.05, 0.1) is 17.6 Å². The first kappa shape index (κ1) is 20.1. The van der Waals surface area contributed by atoms with Gasteiger partial charge < -0.3 is 9.64 Å². The summed E-state index contributed by atoms with van der Waals surface area (Å²) >= 11 is 0.675. The van der Waals surface area contributed by atoms with E-state index in [1.807, 2.05) is 32.7 Å². The monoisotopic (exact) mass is 404 g/mol. The Kier molecular flexibility index (Phi) is 5.10. The second-order valence-electron chi connectivity index (χ2n) is 7.27. The summed E-state index contributed by atoms with van der Waals surface area (Å²) in [5.41, 5.74) is 2.60. The number of hydrogen-bond acceptors (Lipinski definition) is 6. The molecule has 0 saturated carbocycles. The Morgan fingerprint density at radius 1 is 1.32 bits per heavy atom. The average Bonchev–Trinajstić information content (AvgIpc) is 2.88. The molecule has 0 atom stereocenters. The number of rotatable bonds is 3. The molecule has 2 heterocycles. The van der Waals surface area contributed by atoms with E-state index in [2.05, 4.69) is 10.8 Å². The van der Waals surface area contributed by atoms with Crippen molar-refractivity contribution in [3.8, 4) is 0 Å². The summed E-state index contributed by atoms with van der Waals surface area (Å²) < 4.78 is 19.3. The number of hydrogen-bond donors (Lipinski definition) is 0. The normalized spacial score (nSPS) is 19.8. The van der Waals surface area contributed by atoms with Crippen LogP contribution in [0.15, 0.2) is 23.1 Å². The van der Waals surface area contributed by atoms with Crippen LogP contribution in [0.3, 0.4) is 0 Å². The van der Waals surface area contributed by atoms with Crippen LogP contribution in [0.1, 0.15) is 31.9 Å². The highest BCUT2D eigenvalue weighted by atomic mass is 32.2. The Hall–Kier alpha value is -2.61. The lowest BCUT2D eigenvalue weighted by Gasteiger charge is -2.40. The van der Waals surface area contributed by atoms with Crippen molar-refractivity contribution in [2.75, 3.05) is 25.6 Å². The minimum atomic E-state index is -0.699. The SMILES string of the molecule is COC(=O)CN1C(=O)S/C(=C\c2cc3c(cc2F)N(C)C(C)(C)C=C3C)C1=O. The number of carbonyl (C=O) groups is 3. The maximum absolute atomic E-state index is 14.8. The summed E-state index contributed by atoms with van der Waals surface area (Å²) in [5.74, 6) is -1.83. The first-order valence-corrected chi connectivity index (χ1v) is 9.46. The Bertz CT molecular complexity index is 952. The molecule has 0 bridgehead atoms. The lowest BCUT2D eigenvalue weighted by Crippen LogP contribution is -2.42. The van der Waals surface area contributed by atoms with E-state index in [1.165, 1.54) is 19.3 Å². The second-order valence-corrected chi connectivity index (χ2v) is 8.27. The molecule has 0 N–H and O–H groups in total. The molecule has 0 aromatic heterocycles. The van der Waals surface area contributed by atoms with E-state index in [4.69, 9.17) is 0 Å². The maximum Gasteiger partial charge on any atom is 0.325 e. The smallest absolute Gasteiger partial charge is 0.325 e. The molecule has 3 rings (SSSR count). The number of halogens is 1. The first-order chi connectivity index (χ1) is 13.0. The molecular formula is C20H21FN2O4S. The second kappa shape index (κ2) is 7.09. The van der Waals surface area contributed by atoms with Crippen LogP contribution in [0, 0.1) is 5.82 Å². The highest BCUT2D eigenvalue weighted by Crippen LogP contribution is 2.40. The lowest BCUT2D eigenvalue weighted by molar-refractivity contribution is -0.143. The zero-order valence-electron chi connectivity index (χ0n) is 16.3. The van der Waals surface area contributed by atoms with Crippen molar-refractivity contribution in [3.05, 3.63) is 40.1 Å². The Balaban J connectivity index is 1.98. The van der Waals surface area contributed by atoms with E-state index in [1.54, 1.807) is 6.07 Å². The number of methoxy groups -OCH3 is 1. The van der Waals surface area contributed by atoms with Crippen LogP contribution < -0.4 is 4.90 Å². The molecule has 2 aliphatic rings. The number of imide groups is 1. The van der Waals surface area contributed by atoms with Crippen molar-refractivity contribution in [1.29, 1.82) is 0 Å². The van der Waals surface area contributed by atoms with Crippen LogP contribution in [0.4, 0.5) is 14.9 Å². The minimum absolute atomic E-state index is 0.0684. The predicted molar refractivity (Wildman–Crippen MR) is 107 cm³/mol. The number of carbonyl (C=O) groups excluding carboxylic acids is 3. The van der Waals surface area contributed by atoms with Crippen LogP contribution in [-0.2, 0) is 14.3 Å². The zero-order valence-corrected chi connectivity index (χ0v) is 17.1. The fourth-order valence-corrected chi connectivity index (χ4v) is 4.10. The number of likely N-dealkylation sites (N-methyl/N-ethyl adjacent to an activating group) is 1. The number of thioether (sulfide) groups is 1. The van der Waals surface area contributed by atoms with Gasteiger partial charge in [-0.3, -0.25) is 19.3 Å². The van der Waals surface area contributed by atoms with Gasteiger partial charge in [-0.25, -0.2) is 4.39 Å². The van der Waals surface area contributed by atoms with Gasteiger partial charge in [-0.1, -0.05) is 6.08 Å². The summed E-state index contributed by atoms with van der Waals surface area (Å²) in [6.45, 7) is 5.58. The van der Waals surface area contributed by atoms with Gasteiger partial charge >= 0.3 is 5.97 Å². The fraction of sp³-hybridized carbons (Fsp3) is 0.350. The minimum Gasteiger partial charge on any atom is -0.468 e. The average molecular weight is 404 g/mol. The van der Waals surface area contributed by atoms with Crippen molar-refractivity contribution in [2.45, 2.75) is 26.3 Å². The van der Waals surface area contributed by atoms with E-state index in [0.29, 0.717) is 11.8 Å². The van der Waals surface area contributed by atoms with Gasteiger partial charge in [-0.05, 0) is 56.3 Å². The molecule has 1 saturated heterocycles. The number of benzene rings is 1. The fourth-order valence-electron chi connectivity index (χ4n) is 3.27. The molecular weight excluding hydrogens is 383 g/mol. The molecule has 0 spiro atoms. The Labute approximate surface area is 167 Å². The molecule has 0 unspecified atom stereocenters. The van der Waals surface area contributed by atoms with Crippen LogP contribution in [0.5, 0.6) is 0 Å². The maximum atomic E-state index is 14.8. The van der Waals surface area contributed by atoms with E-state index < -0.39 is 29.5 Å². The van der Waals surface area contributed by atoms with Gasteiger partial charge in [0, 0.05) is 23.9 Å². The van der Waals surface area contributed by atoms with Gasteiger partial charge in [0.15, 0.2) is 0 Å². The zero-order chi connectivity index (χ0) is 20.8. The topological polar surface area (TPSA) is 66.9 Å². The lowest BCUT2D eigenvalue weighted by atomic mass is 9.88. The highest BCUT2D eigenvalue weighted by molar-refractivity contribution is 8.18. The molecule has 2 amide bonds. The molecule has 0 radical (unpaired) electrons. The number of nitrogens with zero attached hydrogens (tertiary/aromatic N) is 2. The summed E-state index contributed by atoms with van der Waals surface area (Å²) in [5, 5.41) is -0.586. The Morgan fingerprint density at radius 3 is 2.64 bits per heavy atom. The van der Waals surface area contributed by atoms with Crippen molar-refractivity contribution < 1.29 is 23.5 Å². The van der Waals surface area contributed by atoms with Crippen LogP contribution >= 0.6 is 11.8 Å². The molecule has 1 fully saturated rings. The van der Waals surface area contributed by atoms with E-state index >= 15 is 0 Å². The molecule has 1 aromatic carbocycles. The standard InChI is InChI=1S/C20H21FN2O4S/c1-11-9-20(2,3)22(4)15-8-14(21)12(6-13(11)15)7-16-18(25)23(19(26)28-16)10-17(24)27-5/h6-9H,10H2,1-5H3/b16-7-. The quantitative estimate of drug-likeness (QED) is 0.566. The summed E-state index contributed by atoms with van der Waals surface area (Å²) in [6.07, 6.45) is 3.45. The molecule has 148 valence electrons. The first-order valence-electron chi connectivity index (χ1n) is 8.64. The summed E-state index contributed by atoms with van der Waals surface area (Å²) in [7, 11) is 3.08. The van der Waals surface area contributed by atoms with Crippen molar-refractivity contribution in [3.63, 3.8) is 0 Å². The molecule has 28 heavy (non-hydrogen) atoms. The third kappa shape index (κ3) is 3.44. The molecule has 1 aromatic rings. The number of fused-ring (bicyclic) bond motifs is 1. The summed E-state index contributed by atoms with van der Waals surface area (Å²) in [6, 6.07) is 3.12. The van der Waals surface area contributed by atoms with Gasteiger partial charge in [-0.15, -0.1) is 0 Å². The number of ether oxygens (including phenoxy) is 1. The van der Waals surface area contributed by atoms with E-state index in [-0.39, 0.29) is 16.0 Å². The number of allylic oxidation sites excluding steroid dienone is 1. The summed E-state index contributed by atoms with van der Waals surface area (Å²) in [4.78, 5) is 38.7. The predicted octanol–water partition coefficient (Wildman–Crippen LogP) is 3.67. The molecule has 2 aliphatic heterocycles. The Morgan fingerprint density at radius 2 is 2.00 bits per heavy atom. The highest BCUT2D eigenvalue weighted by Gasteiger charge is 2.37. The van der Waals surface area contributed by atoms with Crippen molar-refractivity contribution in [2.24, 2.45) is 0 Å². The van der Waals surface area contributed by atoms with Crippen LogP contribution in [0.2, 0.25) is 0 Å². The van der Waals surface area contributed by atoms with Crippen LogP contribution in [0.25, 0.3) is 11.6 Å². The third-order valence-corrected chi connectivity index (χ3v) is 5.92. The number of esters is 1. The van der Waals surface area contributed by atoms with Gasteiger partial charge in [0.25, 0.3) is 11.1 Å². The largest absolute Gasteiger partial charge is 0.468 e. The van der Waals surface area contributed by atoms with Gasteiger partial charge in [0.1, 0.15) is 12.4 Å². The molecule has 0 aliphatic carbocycles. The van der Waals surface area contributed by atoms with Crippen molar-refractivity contribution in [1.82, 2.24) is 4.90 Å². The number of anilines is 1. The number of amides is 2. The van der Waals surface area contributed by atoms with E-state index in [0.717, 1.165) is 21.7 Å². The van der Waals surface area contributed by atoms with Crippen molar-refractivity contribution >= 4 is 46.2 Å². The molecule has 6 nitrogen and oxygen atoms in total. The van der Waals surface area contributed by atoms with Gasteiger partial charge in [0.2, 0.25) is 0 Å². The van der Waals surface area contributed by atoms with E-state index in [9.17, 15) is 18.8 Å². The van der Waals surface area contributed by atoms with Crippen LogP contribution in [-0.4, -0.2) is 48.3 Å².